The summed E-state index contributed by atoms with van der Waals surface area (Å²) in [4.78, 5) is 24.0. The average Bonchev–Trinajstić information content (AvgIpc) is 3.46. The Kier molecular flexibility index (Phi) is 7.52. The molecule has 0 fully saturated rings. The molecule has 0 aliphatic heterocycles. The van der Waals surface area contributed by atoms with E-state index >= 15 is 0 Å². The third-order valence-electron chi connectivity index (χ3n) is 5.83. The smallest absolute Gasteiger partial charge is 0.335 e. The molecule has 0 spiro atoms. The third-order valence-corrected chi connectivity index (χ3v) is 6.69. The molecule has 1 N–H and O–H groups in total. The van der Waals surface area contributed by atoms with Crippen molar-refractivity contribution in [2.75, 3.05) is 4.90 Å². The molecule has 2 aromatic heterocycles. The number of hydrogen-bond acceptors (Lipinski definition) is 6. The van der Waals surface area contributed by atoms with Crippen LogP contribution in [0.1, 0.15) is 26.4 Å². The van der Waals surface area contributed by atoms with Gasteiger partial charge in [-0.1, -0.05) is 48.5 Å². The Bertz CT molecular complexity index is 1440. The van der Waals surface area contributed by atoms with Crippen molar-refractivity contribution in [2.45, 2.75) is 19.7 Å². The van der Waals surface area contributed by atoms with Crippen molar-refractivity contribution in [1.29, 1.82) is 0 Å². The van der Waals surface area contributed by atoms with Crippen LogP contribution in [0.5, 0.6) is 5.75 Å². The number of benzene rings is 3. The highest BCUT2D eigenvalue weighted by atomic mass is 32.1. The molecule has 0 aliphatic carbocycles. The summed E-state index contributed by atoms with van der Waals surface area (Å²) in [7, 11) is 0. The maximum absolute atomic E-state index is 11.2. The van der Waals surface area contributed by atoms with E-state index in [0.717, 1.165) is 28.3 Å². The predicted octanol–water partition coefficient (Wildman–Crippen LogP) is 6.69. The summed E-state index contributed by atoms with van der Waals surface area (Å²) in [5, 5.41) is 11.3. The van der Waals surface area contributed by atoms with Crippen molar-refractivity contribution in [3.05, 3.63) is 130 Å². The monoisotopic (exact) mass is 507 g/mol. The molecule has 5 aromatic rings. The largest absolute Gasteiger partial charge is 0.489 e. The van der Waals surface area contributed by atoms with Gasteiger partial charge in [-0.2, -0.15) is 0 Å². The Morgan fingerprint density at radius 2 is 1.62 bits per heavy atom. The van der Waals surface area contributed by atoms with Crippen LogP contribution in [0.3, 0.4) is 0 Å². The van der Waals surface area contributed by atoms with Crippen molar-refractivity contribution in [1.82, 2.24) is 9.97 Å². The second kappa shape index (κ2) is 11.5. The van der Waals surface area contributed by atoms with Crippen molar-refractivity contribution in [2.24, 2.45) is 0 Å². The minimum absolute atomic E-state index is 0.272. The molecular formula is C30H25N3O3S. The van der Waals surface area contributed by atoms with Crippen molar-refractivity contribution in [3.8, 4) is 17.1 Å². The number of aromatic carboxylic acids is 1. The van der Waals surface area contributed by atoms with Crippen molar-refractivity contribution in [3.63, 3.8) is 0 Å². The van der Waals surface area contributed by atoms with Crippen LogP contribution < -0.4 is 9.64 Å². The third kappa shape index (κ3) is 6.39. The Balaban J connectivity index is 1.34. The molecule has 0 amide bonds. The number of carbonyl (C=O) groups is 1. The first-order valence-electron chi connectivity index (χ1n) is 11.8. The first-order chi connectivity index (χ1) is 18.1. The van der Waals surface area contributed by atoms with Gasteiger partial charge >= 0.3 is 5.97 Å². The summed E-state index contributed by atoms with van der Waals surface area (Å²) in [6.07, 6.45) is 1.77. The lowest BCUT2D eigenvalue weighted by molar-refractivity contribution is 0.0697. The van der Waals surface area contributed by atoms with Gasteiger partial charge in [0.15, 0.2) is 5.82 Å². The lowest BCUT2D eigenvalue weighted by atomic mass is 10.1. The van der Waals surface area contributed by atoms with Crippen molar-refractivity contribution >= 4 is 23.1 Å². The van der Waals surface area contributed by atoms with E-state index in [9.17, 15) is 9.90 Å². The molecule has 5 rings (SSSR count). The van der Waals surface area contributed by atoms with Gasteiger partial charge in [0, 0.05) is 23.2 Å². The Morgan fingerprint density at radius 1 is 0.838 bits per heavy atom. The van der Waals surface area contributed by atoms with Crippen LogP contribution in [-0.2, 0) is 19.7 Å². The Morgan fingerprint density at radius 3 is 2.32 bits per heavy atom. The van der Waals surface area contributed by atoms with Crippen LogP contribution in [0.2, 0.25) is 0 Å². The first-order valence-corrected chi connectivity index (χ1v) is 12.7. The Labute approximate surface area is 219 Å². The quantitative estimate of drug-likeness (QED) is 0.227. The highest BCUT2D eigenvalue weighted by Crippen LogP contribution is 2.25. The zero-order valence-electron chi connectivity index (χ0n) is 20.0. The maximum Gasteiger partial charge on any atom is 0.335 e. The summed E-state index contributed by atoms with van der Waals surface area (Å²) in [6, 6.07) is 30.9. The molecule has 184 valence electrons. The molecule has 7 heteroatoms. The molecule has 2 heterocycles. The molecular weight excluding hydrogens is 482 g/mol. The minimum atomic E-state index is -0.932. The van der Waals surface area contributed by atoms with Gasteiger partial charge in [0.25, 0.3) is 0 Å². The number of aromatic nitrogens is 2. The number of anilines is 1. The number of nitrogens with zero attached hydrogens (tertiary/aromatic N) is 3. The number of carboxylic acids is 1. The van der Waals surface area contributed by atoms with Gasteiger partial charge in [0.05, 0.1) is 12.1 Å². The first kappa shape index (κ1) is 24.2. The van der Waals surface area contributed by atoms with Crippen LogP contribution in [0.4, 0.5) is 5.82 Å². The van der Waals surface area contributed by atoms with Crippen molar-refractivity contribution < 1.29 is 14.6 Å². The summed E-state index contributed by atoms with van der Waals surface area (Å²) >= 11 is 1.69. The number of carboxylic acid groups (broad SMARTS) is 1. The predicted molar refractivity (Wildman–Crippen MR) is 146 cm³/mol. The standard InChI is InChI=1S/C30H25N3O3S/c34-30(35)25-10-8-22(9-11-25)19-33(20-27-7-4-18-37-27)28-16-17-31-29(32-28)24-12-14-26(15-13-24)36-21-23-5-2-1-3-6-23/h1-18H,19-21H2,(H,34,35). The molecule has 0 bridgehead atoms. The number of ether oxygens (including phenoxy) is 1. The molecule has 6 nitrogen and oxygen atoms in total. The molecule has 0 saturated heterocycles. The van der Waals surface area contributed by atoms with Gasteiger partial charge < -0.3 is 14.7 Å². The fraction of sp³-hybridized carbons (Fsp3) is 0.100. The molecule has 0 atom stereocenters. The zero-order valence-corrected chi connectivity index (χ0v) is 20.8. The fourth-order valence-corrected chi connectivity index (χ4v) is 4.61. The van der Waals surface area contributed by atoms with Gasteiger partial charge in [-0.05, 0) is 65.0 Å². The van der Waals surface area contributed by atoms with Gasteiger partial charge in [-0.25, -0.2) is 14.8 Å². The van der Waals surface area contributed by atoms with E-state index in [0.29, 0.717) is 25.5 Å². The number of rotatable bonds is 10. The highest BCUT2D eigenvalue weighted by molar-refractivity contribution is 7.09. The molecule has 0 aliphatic rings. The summed E-state index contributed by atoms with van der Waals surface area (Å²) < 4.78 is 5.91. The second-order valence-electron chi connectivity index (χ2n) is 8.47. The molecule has 37 heavy (non-hydrogen) atoms. The average molecular weight is 508 g/mol. The van der Waals surface area contributed by atoms with Crippen LogP contribution in [0.15, 0.2) is 109 Å². The maximum atomic E-state index is 11.2. The number of thiophene rings is 1. The van der Waals surface area contributed by atoms with E-state index < -0.39 is 5.97 Å². The lowest BCUT2D eigenvalue weighted by Gasteiger charge is -2.24. The van der Waals surface area contributed by atoms with Gasteiger partial charge in [-0.3, -0.25) is 0 Å². The zero-order chi connectivity index (χ0) is 25.5. The summed E-state index contributed by atoms with van der Waals surface area (Å²) in [5.41, 5.74) is 3.29. The van der Waals surface area contributed by atoms with E-state index in [1.54, 1.807) is 29.7 Å². The van der Waals surface area contributed by atoms with Gasteiger partial charge in [0.1, 0.15) is 18.2 Å². The molecule has 0 radical (unpaired) electrons. The molecule has 0 unspecified atom stereocenters. The molecule has 0 saturated carbocycles. The van der Waals surface area contributed by atoms with E-state index in [1.165, 1.54) is 4.88 Å². The normalized spacial score (nSPS) is 10.7. The van der Waals surface area contributed by atoms with E-state index in [2.05, 4.69) is 21.3 Å². The minimum Gasteiger partial charge on any atom is -0.489 e. The van der Waals surface area contributed by atoms with Crippen LogP contribution in [-0.4, -0.2) is 21.0 Å². The van der Waals surface area contributed by atoms with Crippen LogP contribution in [0, 0.1) is 0 Å². The summed E-state index contributed by atoms with van der Waals surface area (Å²) in [5.74, 6) is 1.28. The van der Waals surface area contributed by atoms with Gasteiger partial charge in [-0.15, -0.1) is 11.3 Å². The summed E-state index contributed by atoms with van der Waals surface area (Å²) in [6.45, 7) is 1.78. The number of hydrogen-bond donors (Lipinski definition) is 1. The lowest BCUT2D eigenvalue weighted by Crippen LogP contribution is -2.23. The van der Waals surface area contributed by atoms with Gasteiger partial charge in [0.2, 0.25) is 0 Å². The SMILES string of the molecule is O=C(O)c1ccc(CN(Cc2cccs2)c2ccnc(-c3ccc(OCc4ccccc4)cc3)n2)cc1. The Hall–Kier alpha value is -4.49. The van der Waals surface area contributed by atoms with Crippen LogP contribution in [0.25, 0.3) is 11.4 Å². The molecule has 3 aromatic carbocycles. The van der Waals surface area contributed by atoms with E-state index in [1.807, 2.05) is 78.9 Å². The van der Waals surface area contributed by atoms with E-state index in [-0.39, 0.29) is 5.56 Å². The topological polar surface area (TPSA) is 75.5 Å². The fourth-order valence-electron chi connectivity index (χ4n) is 3.89. The van der Waals surface area contributed by atoms with E-state index in [4.69, 9.17) is 9.72 Å². The second-order valence-corrected chi connectivity index (χ2v) is 9.51. The van der Waals surface area contributed by atoms with Crippen LogP contribution >= 0.6 is 11.3 Å². The highest BCUT2D eigenvalue weighted by Gasteiger charge is 2.13.